The number of ether oxygens (including phenoxy) is 2. The third-order valence-electron chi connectivity index (χ3n) is 7.02. The molecule has 0 saturated heterocycles. The number of fused-ring (bicyclic) bond motifs is 3. The fraction of sp³-hybridized carbons (Fsp3) is 0.353. The molecule has 0 amide bonds. The van der Waals surface area contributed by atoms with Gasteiger partial charge in [-0.25, -0.2) is 4.39 Å². The molecule has 2 aromatic carbocycles. The van der Waals surface area contributed by atoms with Gasteiger partial charge >= 0.3 is 0 Å². The van der Waals surface area contributed by atoms with Gasteiger partial charge in [-0.1, -0.05) is 37.6 Å². The van der Waals surface area contributed by atoms with Crippen LogP contribution in [0.25, 0.3) is 22.3 Å². The van der Waals surface area contributed by atoms with Crippen LogP contribution >= 0.6 is 11.6 Å². The zero-order valence-electron chi connectivity index (χ0n) is 25.0. The quantitative estimate of drug-likeness (QED) is 0.227. The number of aliphatic hydroxyl groups is 1. The molecule has 1 aliphatic rings. The van der Waals surface area contributed by atoms with E-state index < -0.39 is 17.0 Å². The van der Waals surface area contributed by atoms with E-state index in [9.17, 15) is 9.50 Å². The van der Waals surface area contributed by atoms with E-state index in [1.807, 2.05) is 12.1 Å². The highest BCUT2D eigenvalue weighted by Crippen LogP contribution is 2.45. The van der Waals surface area contributed by atoms with Crippen molar-refractivity contribution in [1.82, 2.24) is 9.97 Å². The van der Waals surface area contributed by atoms with Crippen LogP contribution in [0, 0.1) is 11.7 Å². The first-order valence-corrected chi connectivity index (χ1v) is 14.4. The van der Waals surface area contributed by atoms with Gasteiger partial charge in [0.25, 0.3) is 0 Å². The summed E-state index contributed by atoms with van der Waals surface area (Å²) in [5.74, 6) is 1.81. The Morgan fingerprint density at radius 2 is 1.64 bits per heavy atom. The summed E-state index contributed by atoms with van der Waals surface area (Å²) in [5, 5.41) is 10.7. The fourth-order valence-electron chi connectivity index (χ4n) is 5.09. The highest BCUT2D eigenvalue weighted by atomic mass is 35.5. The van der Waals surface area contributed by atoms with Gasteiger partial charge in [0.1, 0.15) is 29.5 Å². The van der Waals surface area contributed by atoms with Gasteiger partial charge in [0.05, 0.1) is 18.0 Å². The molecule has 222 valence electrons. The Hall–Kier alpha value is -3.52. The van der Waals surface area contributed by atoms with Crippen LogP contribution in [-0.2, 0) is 11.2 Å². The average molecular weight is 592 g/mol. The van der Waals surface area contributed by atoms with Crippen LogP contribution in [0.5, 0.6) is 11.5 Å². The molecule has 0 unspecified atom stereocenters. The number of nitrogens with zero attached hydrogens (tertiary/aromatic N) is 2. The Kier molecular flexibility index (Phi) is 9.56. The van der Waals surface area contributed by atoms with E-state index in [-0.39, 0.29) is 6.04 Å². The van der Waals surface area contributed by atoms with Crippen LogP contribution in [-0.4, -0.2) is 27.7 Å². The minimum absolute atomic E-state index is 0.0529. The first-order valence-electron chi connectivity index (χ1n) is 14.0. The number of aromatic nitrogens is 2. The first kappa shape index (κ1) is 31.4. The number of nitrogens with two attached hydrogens (primary N) is 1. The maximum atomic E-state index is 13.8. The van der Waals surface area contributed by atoms with Gasteiger partial charge in [-0.15, -0.1) is 0 Å². The topological polar surface area (TPSA) is 90.5 Å². The van der Waals surface area contributed by atoms with Gasteiger partial charge in [0.15, 0.2) is 0 Å². The van der Waals surface area contributed by atoms with E-state index in [0.717, 1.165) is 35.2 Å². The molecule has 0 bridgehead atoms. The molecular weight excluding hydrogens is 553 g/mol. The predicted octanol–water partition coefficient (Wildman–Crippen LogP) is 7.90. The molecule has 6 nitrogen and oxygen atoms in total. The molecule has 0 radical (unpaired) electrons. The van der Waals surface area contributed by atoms with Crippen molar-refractivity contribution in [3.63, 3.8) is 0 Å². The molecule has 0 aliphatic carbocycles. The van der Waals surface area contributed by atoms with Crippen LogP contribution in [0.4, 0.5) is 4.39 Å². The van der Waals surface area contributed by atoms with Crippen LogP contribution in [0.2, 0.25) is 5.02 Å². The Morgan fingerprint density at radius 3 is 2.31 bits per heavy atom. The second kappa shape index (κ2) is 12.8. The standard InChI is InChI=1S/C20H26N2O2.C14H13ClFNO/c1-13(2)9-14(21)12-23-15-5-6-16-17-7-8-22-11-19(17)24-20(3,4)18(16)10-15;1-14(2,18)12-7-9(15)3-4-10(12)11-5-6-17-8-13(11)16/h5-8,10-11,13-14H,9,12,21H2,1-4H3;3-8,18H,1-2H3/t14-;/m0./s1. The molecule has 0 spiro atoms. The van der Waals surface area contributed by atoms with Crippen molar-refractivity contribution < 1.29 is 19.0 Å². The molecule has 0 saturated carbocycles. The summed E-state index contributed by atoms with van der Waals surface area (Å²) in [6.45, 7) is 12.3. The Bertz CT molecular complexity index is 1530. The van der Waals surface area contributed by atoms with Crippen molar-refractivity contribution in [3.8, 4) is 33.8 Å². The lowest BCUT2D eigenvalue weighted by Gasteiger charge is -2.34. The molecule has 0 fully saturated rings. The molecule has 2 aromatic heterocycles. The Balaban J connectivity index is 0.000000201. The zero-order chi connectivity index (χ0) is 30.7. The molecule has 5 rings (SSSR count). The maximum Gasteiger partial charge on any atom is 0.149 e. The number of benzene rings is 2. The second-order valence-corrected chi connectivity index (χ2v) is 12.4. The summed E-state index contributed by atoms with van der Waals surface area (Å²) in [6, 6.07) is 14.8. The molecule has 3 heterocycles. The van der Waals surface area contributed by atoms with Crippen LogP contribution in [0.1, 0.15) is 59.1 Å². The van der Waals surface area contributed by atoms with Crippen molar-refractivity contribution in [2.75, 3.05) is 6.61 Å². The van der Waals surface area contributed by atoms with Gasteiger partial charge in [-0.05, 0) is 93.1 Å². The average Bonchev–Trinajstić information content (AvgIpc) is 2.92. The van der Waals surface area contributed by atoms with Crippen LogP contribution < -0.4 is 15.2 Å². The van der Waals surface area contributed by atoms with E-state index >= 15 is 0 Å². The SMILES string of the molecule is CC(C)(O)c1cc(Cl)ccc1-c1ccncc1F.CC(C)C[C@H](N)COc1ccc2c(c1)C(C)(C)Oc1cnccc1-2. The summed E-state index contributed by atoms with van der Waals surface area (Å²) in [7, 11) is 0. The molecule has 3 N–H and O–H groups in total. The van der Waals surface area contributed by atoms with Crippen molar-refractivity contribution in [2.24, 2.45) is 11.7 Å². The largest absolute Gasteiger partial charge is 0.492 e. The van der Waals surface area contributed by atoms with E-state index in [4.69, 9.17) is 26.8 Å². The van der Waals surface area contributed by atoms with E-state index in [1.165, 1.54) is 11.8 Å². The summed E-state index contributed by atoms with van der Waals surface area (Å²) in [6.07, 6.45) is 7.19. The minimum atomic E-state index is -1.10. The summed E-state index contributed by atoms with van der Waals surface area (Å²) in [4.78, 5) is 7.88. The third-order valence-corrected chi connectivity index (χ3v) is 7.26. The molecule has 4 aromatic rings. The summed E-state index contributed by atoms with van der Waals surface area (Å²) < 4.78 is 25.8. The molecule has 42 heavy (non-hydrogen) atoms. The molecule has 1 atom stereocenters. The predicted molar refractivity (Wildman–Crippen MR) is 166 cm³/mol. The van der Waals surface area contributed by atoms with Crippen molar-refractivity contribution in [2.45, 2.75) is 65.2 Å². The van der Waals surface area contributed by atoms with E-state index in [2.05, 4.69) is 49.8 Å². The summed E-state index contributed by atoms with van der Waals surface area (Å²) >= 11 is 5.93. The van der Waals surface area contributed by atoms with Gasteiger partial charge in [-0.2, -0.15) is 0 Å². The van der Waals surface area contributed by atoms with Gasteiger partial charge in [-0.3, -0.25) is 9.97 Å². The number of hydrogen-bond acceptors (Lipinski definition) is 6. The maximum absolute atomic E-state index is 13.8. The fourth-order valence-corrected chi connectivity index (χ4v) is 5.26. The van der Waals surface area contributed by atoms with E-state index in [0.29, 0.717) is 34.2 Å². The highest BCUT2D eigenvalue weighted by Gasteiger charge is 2.33. The third kappa shape index (κ3) is 7.46. The second-order valence-electron chi connectivity index (χ2n) is 12.0. The first-order chi connectivity index (χ1) is 19.8. The number of rotatable bonds is 7. The smallest absolute Gasteiger partial charge is 0.149 e. The summed E-state index contributed by atoms with van der Waals surface area (Å²) in [5.41, 5.74) is 9.56. The Morgan fingerprint density at radius 1 is 0.976 bits per heavy atom. The highest BCUT2D eigenvalue weighted by molar-refractivity contribution is 6.30. The van der Waals surface area contributed by atoms with Gasteiger partial charge < -0.3 is 20.3 Å². The number of hydrogen-bond donors (Lipinski definition) is 2. The Labute approximate surface area is 252 Å². The molecule has 8 heteroatoms. The van der Waals surface area contributed by atoms with Crippen molar-refractivity contribution >= 4 is 11.6 Å². The molecular formula is C34H39ClFN3O3. The lowest BCUT2D eigenvalue weighted by atomic mass is 9.86. The minimum Gasteiger partial charge on any atom is -0.492 e. The van der Waals surface area contributed by atoms with Gasteiger partial charge in [0, 0.05) is 40.1 Å². The lowest BCUT2D eigenvalue weighted by molar-refractivity contribution is 0.0792. The van der Waals surface area contributed by atoms with Crippen LogP contribution in [0.3, 0.4) is 0 Å². The van der Waals surface area contributed by atoms with E-state index in [1.54, 1.807) is 50.5 Å². The van der Waals surface area contributed by atoms with Gasteiger partial charge in [0.2, 0.25) is 0 Å². The lowest BCUT2D eigenvalue weighted by Crippen LogP contribution is -2.30. The number of pyridine rings is 2. The zero-order valence-corrected chi connectivity index (χ0v) is 25.7. The molecule has 1 aliphatic heterocycles. The van der Waals surface area contributed by atoms with Crippen LogP contribution in [0.15, 0.2) is 73.3 Å². The normalized spacial score (nSPS) is 14.2. The number of halogens is 2. The van der Waals surface area contributed by atoms with Crippen molar-refractivity contribution in [1.29, 1.82) is 0 Å². The van der Waals surface area contributed by atoms with Crippen molar-refractivity contribution in [3.05, 3.63) is 95.3 Å². The monoisotopic (exact) mass is 591 g/mol.